The molecule has 104 valence electrons. The molecule has 0 heterocycles. The minimum Gasteiger partial charge on any atom is -0.313 e. The summed E-state index contributed by atoms with van der Waals surface area (Å²) in [4.78, 5) is 0. The van der Waals surface area contributed by atoms with Gasteiger partial charge in [0.2, 0.25) is 0 Å². The summed E-state index contributed by atoms with van der Waals surface area (Å²) < 4.78 is 0. The van der Waals surface area contributed by atoms with E-state index in [1.807, 2.05) is 0 Å². The number of unbranched alkanes of at least 4 members (excludes halogenated alkanes) is 7. The van der Waals surface area contributed by atoms with E-state index in [1.54, 1.807) is 0 Å². The van der Waals surface area contributed by atoms with E-state index in [9.17, 15) is 0 Å². The highest BCUT2D eigenvalue weighted by Crippen LogP contribution is 2.09. The maximum absolute atomic E-state index is 3.63. The van der Waals surface area contributed by atoms with Crippen molar-refractivity contribution in [2.75, 3.05) is 11.9 Å². The quantitative estimate of drug-likeness (QED) is 0.389. The Bertz CT molecular complexity index is 148. The molecule has 0 radical (unpaired) electrons. The molecule has 1 atom stereocenters. The highest BCUT2D eigenvalue weighted by molar-refractivity contribution is 9.09. The van der Waals surface area contributed by atoms with Gasteiger partial charge in [-0.25, -0.2) is 0 Å². The first-order valence-corrected chi connectivity index (χ1v) is 8.63. The molecule has 0 aliphatic carbocycles. The molecule has 17 heavy (non-hydrogen) atoms. The third kappa shape index (κ3) is 11.3. The molecule has 0 aromatic carbocycles. The molecule has 1 N–H and O–H groups in total. The van der Waals surface area contributed by atoms with E-state index in [0.717, 1.165) is 11.2 Å². The topological polar surface area (TPSA) is 12.0 Å². The van der Waals surface area contributed by atoms with Crippen LogP contribution in [0.25, 0.3) is 0 Å². The lowest BCUT2D eigenvalue weighted by Gasteiger charge is -2.19. The lowest BCUT2D eigenvalue weighted by molar-refractivity contribution is 0.426. The Kier molecular flexibility index (Phi) is 13.2. The molecule has 0 aliphatic rings. The molecule has 0 aromatic rings. The monoisotopic (exact) mass is 305 g/mol. The van der Waals surface area contributed by atoms with Crippen LogP contribution in [0.15, 0.2) is 0 Å². The normalized spacial score (nSPS) is 13.2. The van der Waals surface area contributed by atoms with Crippen LogP contribution in [0.3, 0.4) is 0 Å². The van der Waals surface area contributed by atoms with Crippen LogP contribution in [-0.4, -0.2) is 17.9 Å². The number of alkyl halides is 1. The van der Waals surface area contributed by atoms with Crippen LogP contribution in [0.4, 0.5) is 0 Å². The van der Waals surface area contributed by atoms with Crippen LogP contribution < -0.4 is 5.32 Å². The van der Waals surface area contributed by atoms with Crippen LogP contribution in [0.1, 0.15) is 72.1 Å². The van der Waals surface area contributed by atoms with Crippen LogP contribution >= 0.6 is 15.9 Å². The zero-order valence-electron chi connectivity index (χ0n) is 12.1. The lowest BCUT2D eigenvalue weighted by Crippen LogP contribution is -2.35. The van der Waals surface area contributed by atoms with Crippen molar-refractivity contribution in [2.24, 2.45) is 5.92 Å². The summed E-state index contributed by atoms with van der Waals surface area (Å²) in [7, 11) is 0. The Morgan fingerprint density at radius 1 is 0.882 bits per heavy atom. The highest BCUT2D eigenvalue weighted by atomic mass is 79.9. The minimum atomic E-state index is 0.638. The van der Waals surface area contributed by atoms with Gasteiger partial charge in [0.15, 0.2) is 0 Å². The molecule has 1 nitrogen and oxygen atoms in total. The number of hydrogen-bond acceptors (Lipinski definition) is 1. The van der Waals surface area contributed by atoms with Crippen molar-refractivity contribution in [3.63, 3.8) is 0 Å². The van der Waals surface area contributed by atoms with Crippen molar-refractivity contribution in [3.05, 3.63) is 0 Å². The fraction of sp³-hybridized carbons (Fsp3) is 1.00. The fourth-order valence-corrected chi connectivity index (χ4v) is 2.99. The molecular weight excluding hydrogens is 274 g/mol. The number of hydrogen-bond donors (Lipinski definition) is 1. The SMILES string of the molecule is CCCCCCCCCCNC(CBr)C(C)C. The minimum absolute atomic E-state index is 0.638. The van der Waals surface area contributed by atoms with Gasteiger partial charge in [0, 0.05) is 11.4 Å². The van der Waals surface area contributed by atoms with Gasteiger partial charge in [-0.05, 0) is 18.9 Å². The second-order valence-electron chi connectivity index (χ2n) is 5.43. The smallest absolute Gasteiger partial charge is 0.0188 e. The van der Waals surface area contributed by atoms with Gasteiger partial charge in [0.25, 0.3) is 0 Å². The predicted molar refractivity (Wildman–Crippen MR) is 83.0 cm³/mol. The van der Waals surface area contributed by atoms with E-state index in [0.29, 0.717) is 6.04 Å². The highest BCUT2D eigenvalue weighted by Gasteiger charge is 2.09. The van der Waals surface area contributed by atoms with Gasteiger partial charge in [-0.15, -0.1) is 0 Å². The van der Waals surface area contributed by atoms with Gasteiger partial charge in [0.05, 0.1) is 0 Å². The van der Waals surface area contributed by atoms with Gasteiger partial charge < -0.3 is 5.32 Å². The molecule has 0 aliphatic heterocycles. The molecular formula is C15H32BrN. The Labute approximate surface area is 117 Å². The first-order chi connectivity index (χ1) is 8.22. The van der Waals surface area contributed by atoms with E-state index < -0.39 is 0 Å². The third-order valence-electron chi connectivity index (χ3n) is 3.41. The molecule has 0 saturated heterocycles. The van der Waals surface area contributed by atoms with Crippen molar-refractivity contribution in [1.29, 1.82) is 0 Å². The summed E-state index contributed by atoms with van der Waals surface area (Å²) in [6.45, 7) is 8.03. The number of rotatable bonds is 12. The second kappa shape index (κ2) is 12.9. The first kappa shape index (κ1) is 17.4. The van der Waals surface area contributed by atoms with E-state index in [2.05, 4.69) is 42.0 Å². The Morgan fingerprint density at radius 2 is 1.41 bits per heavy atom. The zero-order chi connectivity index (χ0) is 12.9. The second-order valence-corrected chi connectivity index (χ2v) is 6.08. The molecule has 0 saturated carbocycles. The molecule has 1 unspecified atom stereocenters. The van der Waals surface area contributed by atoms with E-state index >= 15 is 0 Å². The Hall–Kier alpha value is 0.440. The largest absolute Gasteiger partial charge is 0.313 e. The molecule has 0 aromatic heterocycles. The Balaban J connectivity index is 3.17. The van der Waals surface area contributed by atoms with Crippen LogP contribution in [0.2, 0.25) is 0 Å². The summed E-state index contributed by atoms with van der Waals surface area (Å²) in [5.41, 5.74) is 0. The van der Waals surface area contributed by atoms with E-state index in [-0.39, 0.29) is 0 Å². The van der Waals surface area contributed by atoms with Crippen LogP contribution in [0, 0.1) is 5.92 Å². The summed E-state index contributed by atoms with van der Waals surface area (Å²) in [5.74, 6) is 0.725. The van der Waals surface area contributed by atoms with Crippen LogP contribution in [0.5, 0.6) is 0 Å². The Morgan fingerprint density at radius 3 is 1.88 bits per heavy atom. The molecule has 0 fully saturated rings. The summed E-state index contributed by atoms with van der Waals surface area (Å²) in [5, 5.41) is 4.70. The third-order valence-corrected chi connectivity index (χ3v) is 4.11. The lowest BCUT2D eigenvalue weighted by atomic mass is 10.1. The first-order valence-electron chi connectivity index (χ1n) is 7.51. The summed E-state index contributed by atoms with van der Waals surface area (Å²) >= 11 is 3.57. The average Bonchev–Trinajstić information content (AvgIpc) is 2.31. The van der Waals surface area contributed by atoms with Crippen molar-refractivity contribution in [1.82, 2.24) is 5.32 Å². The molecule has 2 heteroatoms. The van der Waals surface area contributed by atoms with Crippen molar-refractivity contribution < 1.29 is 0 Å². The van der Waals surface area contributed by atoms with Gasteiger partial charge in [0.1, 0.15) is 0 Å². The standard InChI is InChI=1S/C15H32BrN/c1-4-5-6-7-8-9-10-11-12-17-15(13-16)14(2)3/h14-15,17H,4-13H2,1-3H3. The number of halogens is 1. The van der Waals surface area contributed by atoms with Crippen molar-refractivity contribution in [2.45, 2.75) is 78.2 Å². The molecule has 0 bridgehead atoms. The fourth-order valence-electron chi connectivity index (χ4n) is 2.01. The predicted octanol–water partition coefficient (Wildman–Crippen LogP) is 5.14. The maximum atomic E-state index is 3.63. The maximum Gasteiger partial charge on any atom is 0.0188 e. The van der Waals surface area contributed by atoms with Gasteiger partial charge >= 0.3 is 0 Å². The molecule has 0 rings (SSSR count). The van der Waals surface area contributed by atoms with E-state index in [4.69, 9.17) is 0 Å². The van der Waals surface area contributed by atoms with Crippen molar-refractivity contribution in [3.8, 4) is 0 Å². The van der Waals surface area contributed by atoms with E-state index in [1.165, 1.54) is 57.9 Å². The summed E-state index contributed by atoms with van der Waals surface area (Å²) in [6, 6.07) is 0.638. The molecule has 0 spiro atoms. The van der Waals surface area contributed by atoms with Crippen LogP contribution in [-0.2, 0) is 0 Å². The number of nitrogens with one attached hydrogen (secondary N) is 1. The van der Waals surface area contributed by atoms with Gasteiger partial charge in [-0.3, -0.25) is 0 Å². The van der Waals surface area contributed by atoms with Gasteiger partial charge in [-0.1, -0.05) is 81.6 Å². The molecule has 0 amide bonds. The average molecular weight is 306 g/mol. The van der Waals surface area contributed by atoms with Gasteiger partial charge in [-0.2, -0.15) is 0 Å². The zero-order valence-corrected chi connectivity index (χ0v) is 13.7. The summed E-state index contributed by atoms with van der Waals surface area (Å²) in [6.07, 6.45) is 11.2. The van der Waals surface area contributed by atoms with Crippen molar-refractivity contribution >= 4 is 15.9 Å².